The molecule has 0 aromatic heterocycles. The van der Waals surface area contributed by atoms with Gasteiger partial charge in [0.25, 0.3) is 0 Å². The van der Waals surface area contributed by atoms with Crippen molar-refractivity contribution in [2.45, 2.75) is 0 Å². The molecule has 1 aliphatic rings. The molecule has 0 atom stereocenters. The van der Waals surface area contributed by atoms with Gasteiger partial charge in [-0.2, -0.15) is 0 Å². The number of benzene rings is 2. The predicted octanol–water partition coefficient (Wildman–Crippen LogP) is 2.57. The van der Waals surface area contributed by atoms with Gasteiger partial charge in [0.2, 0.25) is 5.91 Å². The average molecular weight is 336 g/mol. The van der Waals surface area contributed by atoms with E-state index in [1.54, 1.807) is 6.08 Å². The summed E-state index contributed by atoms with van der Waals surface area (Å²) in [5, 5.41) is 3.00. The van der Waals surface area contributed by atoms with Crippen molar-refractivity contribution in [1.82, 2.24) is 10.2 Å². The maximum absolute atomic E-state index is 12.4. The minimum Gasteiger partial charge on any atom is -0.379 e. The number of rotatable bonds is 6. The SMILES string of the molecule is O=C(C=C(c1ccccc1)c1ccccc1)NCCN1CCOCC1. The molecule has 3 rings (SSSR count). The molecule has 1 saturated heterocycles. The molecule has 0 aliphatic carbocycles. The maximum Gasteiger partial charge on any atom is 0.244 e. The normalized spacial score (nSPS) is 14.7. The van der Waals surface area contributed by atoms with Crippen molar-refractivity contribution in [3.8, 4) is 0 Å². The Labute approximate surface area is 149 Å². The smallest absolute Gasteiger partial charge is 0.244 e. The zero-order valence-corrected chi connectivity index (χ0v) is 14.4. The largest absolute Gasteiger partial charge is 0.379 e. The van der Waals surface area contributed by atoms with Crippen LogP contribution in [0.3, 0.4) is 0 Å². The average Bonchev–Trinajstić information content (AvgIpc) is 2.68. The van der Waals surface area contributed by atoms with Gasteiger partial charge in [0.05, 0.1) is 13.2 Å². The second kappa shape index (κ2) is 9.16. The Bertz CT molecular complexity index is 651. The van der Waals surface area contributed by atoms with Gasteiger partial charge in [-0.3, -0.25) is 9.69 Å². The summed E-state index contributed by atoms with van der Waals surface area (Å²) in [6.45, 7) is 4.93. The van der Waals surface area contributed by atoms with Crippen LogP contribution in [-0.2, 0) is 9.53 Å². The van der Waals surface area contributed by atoms with Crippen LogP contribution >= 0.6 is 0 Å². The molecule has 0 unspecified atom stereocenters. The molecule has 0 bridgehead atoms. The van der Waals surface area contributed by atoms with Crippen LogP contribution in [-0.4, -0.2) is 50.2 Å². The van der Waals surface area contributed by atoms with E-state index >= 15 is 0 Å². The van der Waals surface area contributed by atoms with Crippen LogP contribution in [0.15, 0.2) is 66.7 Å². The van der Waals surface area contributed by atoms with E-state index in [0.29, 0.717) is 6.54 Å². The molecular formula is C21H24N2O2. The van der Waals surface area contributed by atoms with Gasteiger partial charge in [0.1, 0.15) is 0 Å². The van der Waals surface area contributed by atoms with Gasteiger partial charge < -0.3 is 10.1 Å². The summed E-state index contributed by atoms with van der Waals surface area (Å²) >= 11 is 0. The molecule has 1 heterocycles. The summed E-state index contributed by atoms with van der Waals surface area (Å²) in [5.74, 6) is -0.0593. The van der Waals surface area contributed by atoms with E-state index in [1.165, 1.54) is 0 Å². The highest BCUT2D eigenvalue weighted by Crippen LogP contribution is 2.22. The Balaban J connectivity index is 1.66. The third kappa shape index (κ3) is 5.28. The number of ether oxygens (including phenoxy) is 1. The van der Waals surface area contributed by atoms with Gasteiger partial charge >= 0.3 is 0 Å². The predicted molar refractivity (Wildman–Crippen MR) is 100 cm³/mol. The van der Waals surface area contributed by atoms with E-state index < -0.39 is 0 Å². The van der Waals surface area contributed by atoms with Gasteiger partial charge in [-0.05, 0) is 16.7 Å². The van der Waals surface area contributed by atoms with Gasteiger partial charge in [-0.1, -0.05) is 60.7 Å². The zero-order chi connectivity index (χ0) is 17.3. The van der Waals surface area contributed by atoms with E-state index in [2.05, 4.69) is 10.2 Å². The monoisotopic (exact) mass is 336 g/mol. The number of hydrogen-bond donors (Lipinski definition) is 1. The molecule has 4 nitrogen and oxygen atoms in total. The number of nitrogens with one attached hydrogen (secondary N) is 1. The van der Waals surface area contributed by atoms with Crippen molar-refractivity contribution in [3.63, 3.8) is 0 Å². The van der Waals surface area contributed by atoms with E-state index in [0.717, 1.165) is 49.5 Å². The van der Waals surface area contributed by atoms with Crippen LogP contribution in [0.5, 0.6) is 0 Å². The first-order chi connectivity index (χ1) is 12.3. The molecular weight excluding hydrogens is 312 g/mol. The summed E-state index contributed by atoms with van der Waals surface area (Å²) in [4.78, 5) is 14.7. The molecule has 2 aromatic carbocycles. The van der Waals surface area contributed by atoms with Crippen molar-refractivity contribution in [1.29, 1.82) is 0 Å². The molecule has 0 spiro atoms. The number of carbonyl (C=O) groups is 1. The summed E-state index contributed by atoms with van der Waals surface area (Å²) < 4.78 is 5.34. The number of morpholine rings is 1. The van der Waals surface area contributed by atoms with E-state index in [1.807, 2.05) is 60.7 Å². The highest BCUT2D eigenvalue weighted by molar-refractivity contribution is 5.99. The maximum atomic E-state index is 12.4. The van der Waals surface area contributed by atoms with Crippen molar-refractivity contribution in [3.05, 3.63) is 77.9 Å². The molecule has 25 heavy (non-hydrogen) atoms. The first kappa shape index (κ1) is 17.4. The Morgan fingerprint density at radius 3 is 2.08 bits per heavy atom. The van der Waals surface area contributed by atoms with Gasteiger partial charge in [-0.25, -0.2) is 0 Å². The Morgan fingerprint density at radius 1 is 0.960 bits per heavy atom. The third-order valence-electron chi connectivity index (χ3n) is 4.28. The topological polar surface area (TPSA) is 41.6 Å². The van der Waals surface area contributed by atoms with Crippen molar-refractivity contribution >= 4 is 11.5 Å². The molecule has 0 radical (unpaired) electrons. The van der Waals surface area contributed by atoms with Crippen molar-refractivity contribution < 1.29 is 9.53 Å². The lowest BCUT2D eigenvalue weighted by Gasteiger charge is -2.26. The fourth-order valence-electron chi connectivity index (χ4n) is 2.91. The quantitative estimate of drug-likeness (QED) is 0.825. The molecule has 130 valence electrons. The molecule has 2 aromatic rings. The number of nitrogens with zero attached hydrogens (tertiary/aromatic N) is 1. The van der Waals surface area contributed by atoms with Gasteiger partial charge in [0, 0.05) is 32.3 Å². The van der Waals surface area contributed by atoms with E-state index in [-0.39, 0.29) is 5.91 Å². The Kier molecular flexibility index (Phi) is 6.37. The number of hydrogen-bond acceptors (Lipinski definition) is 3. The minimum absolute atomic E-state index is 0.0593. The molecule has 4 heteroatoms. The first-order valence-electron chi connectivity index (χ1n) is 8.73. The minimum atomic E-state index is -0.0593. The molecule has 0 saturated carbocycles. The fourth-order valence-corrected chi connectivity index (χ4v) is 2.91. The van der Waals surface area contributed by atoms with Crippen molar-refractivity contribution in [2.24, 2.45) is 0 Å². The van der Waals surface area contributed by atoms with Crippen LogP contribution in [0.2, 0.25) is 0 Å². The highest BCUT2D eigenvalue weighted by Gasteiger charge is 2.11. The summed E-state index contributed by atoms with van der Waals surface area (Å²) in [7, 11) is 0. The standard InChI is InChI=1S/C21H24N2O2/c24-21(22-11-12-23-13-15-25-16-14-23)17-20(18-7-3-1-4-8-18)19-9-5-2-6-10-19/h1-10,17H,11-16H2,(H,22,24). The summed E-state index contributed by atoms with van der Waals surface area (Å²) in [5.41, 5.74) is 3.01. The third-order valence-corrected chi connectivity index (χ3v) is 4.28. The zero-order valence-electron chi connectivity index (χ0n) is 14.4. The number of amides is 1. The van der Waals surface area contributed by atoms with Crippen molar-refractivity contribution in [2.75, 3.05) is 39.4 Å². The van der Waals surface area contributed by atoms with E-state index in [9.17, 15) is 4.79 Å². The second-order valence-corrected chi connectivity index (χ2v) is 6.04. The Hall–Kier alpha value is -2.43. The Morgan fingerprint density at radius 2 is 1.52 bits per heavy atom. The fraction of sp³-hybridized carbons (Fsp3) is 0.286. The van der Waals surface area contributed by atoms with Crippen LogP contribution in [0.1, 0.15) is 11.1 Å². The van der Waals surface area contributed by atoms with Crippen LogP contribution in [0, 0.1) is 0 Å². The first-order valence-corrected chi connectivity index (χ1v) is 8.73. The number of carbonyl (C=O) groups excluding carboxylic acids is 1. The summed E-state index contributed by atoms with van der Waals surface area (Å²) in [6.07, 6.45) is 1.70. The molecule has 1 amide bonds. The molecule has 1 aliphatic heterocycles. The lowest BCUT2D eigenvalue weighted by Crippen LogP contribution is -2.41. The molecule has 1 N–H and O–H groups in total. The van der Waals surface area contributed by atoms with Gasteiger partial charge in [-0.15, -0.1) is 0 Å². The lowest BCUT2D eigenvalue weighted by atomic mass is 9.97. The van der Waals surface area contributed by atoms with Crippen LogP contribution in [0.25, 0.3) is 5.57 Å². The van der Waals surface area contributed by atoms with E-state index in [4.69, 9.17) is 4.74 Å². The lowest BCUT2D eigenvalue weighted by molar-refractivity contribution is -0.116. The molecule has 1 fully saturated rings. The second-order valence-electron chi connectivity index (χ2n) is 6.04. The summed E-state index contributed by atoms with van der Waals surface area (Å²) in [6, 6.07) is 20.0. The van der Waals surface area contributed by atoms with Gasteiger partial charge in [0.15, 0.2) is 0 Å². The van der Waals surface area contributed by atoms with Crippen LogP contribution in [0.4, 0.5) is 0 Å². The van der Waals surface area contributed by atoms with Crippen LogP contribution < -0.4 is 5.32 Å². The highest BCUT2D eigenvalue weighted by atomic mass is 16.5.